The van der Waals surface area contributed by atoms with Crippen LogP contribution in [-0.4, -0.2) is 26.3 Å². The third kappa shape index (κ3) is 3.40. The van der Waals surface area contributed by atoms with Crippen LogP contribution < -0.4 is 9.47 Å². The highest BCUT2D eigenvalue weighted by molar-refractivity contribution is 5.72. The molecule has 4 heteroatoms. The lowest BCUT2D eigenvalue weighted by molar-refractivity contribution is -0.145. The lowest BCUT2D eigenvalue weighted by Crippen LogP contribution is -2.17. The van der Waals surface area contributed by atoms with Crippen LogP contribution in [-0.2, 0) is 16.0 Å². The summed E-state index contributed by atoms with van der Waals surface area (Å²) in [5.74, 6) is 1.30. The number of carbonyl (C=O) groups is 1. The van der Waals surface area contributed by atoms with Gasteiger partial charge in [0.1, 0.15) is 0 Å². The van der Waals surface area contributed by atoms with Gasteiger partial charge in [0.25, 0.3) is 0 Å². The summed E-state index contributed by atoms with van der Waals surface area (Å²) in [5, 5.41) is 0. The SMILES string of the molecule is CCC(Cc1ccc2c(c1)OCCCO2)C(=O)OC. The lowest BCUT2D eigenvalue weighted by Gasteiger charge is -2.14. The van der Waals surface area contributed by atoms with Crippen molar-refractivity contribution in [2.75, 3.05) is 20.3 Å². The molecule has 1 aromatic carbocycles. The molecule has 1 aliphatic heterocycles. The molecule has 0 aromatic heterocycles. The van der Waals surface area contributed by atoms with Crippen LogP contribution in [0.25, 0.3) is 0 Å². The van der Waals surface area contributed by atoms with Crippen LogP contribution in [0, 0.1) is 5.92 Å². The number of carbonyl (C=O) groups excluding carboxylic acids is 1. The zero-order valence-electron chi connectivity index (χ0n) is 11.5. The minimum Gasteiger partial charge on any atom is -0.490 e. The van der Waals surface area contributed by atoms with Gasteiger partial charge >= 0.3 is 5.97 Å². The van der Waals surface area contributed by atoms with Gasteiger partial charge in [0.05, 0.1) is 26.2 Å². The molecule has 1 aromatic rings. The maximum absolute atomic E-state index is 11.6. The molecule has 19 heavy (non-hydrogen) atoms. The average Bonchev–Trinajstić information content (AvgIpc) is 2.68. The highest BCUT2D eigenvalue weighted by Gasteiger charge is 2.19. The smallest absolute Gasteiger partial charge is 0.308 e. The van der Waals surface area contributed by atoms with E-state index in [4.69, 9.17) is 14.2 Å². The molecule has 1 aliphatic rings. The van der Waals surface area contributed by atoms with E-state index in [1.54, 1.807) is 0 Å². The van der Waals surface area contributed by atoms with E-state index in [1.807, 2.05) is 25.1 Å². The van der Waals surface area contributed by atoms with E-state index in [1.165, 1.54) is 7.11 Å². The Labute approximate surface area is 113 Å². The fourth-order valence-electron chi connectivity index (χ4n) is 2.18. The van der Waals surface area contributed by atoms with Crippen LogP contribution in [0.5, 0.6) is 11.5 Å². The van der Waals surface area contributed by atoms with Crippen LogP contribution in [0.4, 0.5) is 0 Å². The first-order valence-electron chi connectivity index (χ1n) is 6.71. The van der Waals surface area contributed by atoms with Gasteiger partial charge in [0.2, 0.25) is 0 Å². The molecule has 0 radical (unpaired) electrons. The molecule has 0 amide bonds. The molecule has 0 spiro atoms. The largest absolute Gasteiger partial charge is 0.490 e. The molecule has 0 fully saturated rings. The minimum atomic E-state index is -0.158. The van der Waals surface area contributed by atoms with Gasteiger partial charge < -0.3 is 14.2 Å². The van der Waals surface area contributed by atoms with E-state index in [2.05, 4.69) is 0 Å². The second kappa shape index (κ2) is 6.45. The monoisotopic (exact) mass is 264 g/mol. The van der Waals surface area contributed by atoms with Crippen molar-refractivity contribution in [2.24, 2.45) is 5.92 Å². The van der Waals surface area contributed by atoms with Gasteiger partial charge in [-0.1, -0.05) is 13.0 Å². The Morgan fingerprint density at radius 2 is 2.05 bits per heavy atom. The van der Waals surface area contributed by atoms with Crippen molar-refractivity contribution in [3.05, 3.63) is 23.8 Å². The summed E-state index contributed by atoms with van der Waals surface area (Å²) >= 11 is 0. The first kappa shape index (κ1) is 13.7. The second-order valence-corrected chi connectivity index (χ2v) is 4.66. The molecular formula is C15H20O4. The summed E-state index contributed by atoms with van der Waals surface area (Å²) in [6.45, 7) is 3.35. The predicted molar refractivity (Wildman–Crippen MR) is 71.6 cm³/mol. The highest BCUT2D eigenvalue weighted by atomic mass is 16.5. The molecule has 2 rings (SSSR count). The number of fused-ring (bicyclic) bond motifs is 1. The number of ether oxygens (including phenoxy) is 3. The number of hydrogen-bond acceptors (Lipinski definition) is 4. The summed E-state index contributed by atoms with van der Waals surface area (Å²) in [6, 6.07) is 5.87. The number of benzene rings is 1. The summed E-state index contributed by atoms with van der Waals surface area (Å²) < 4.78 is 16.0. The lowest BCUT2D eigenvalue weighted by atomic mass is 9.97. The van der Waals surface area contributed by atoms with Gasteiger partial charge in [-0.15, -0.1) is 0 Å². The first-order chi connectivity index (χ1) is 9.24. The zero-order chi connectivity index (χ0) is 13.7. The van der Waals surface area contributed by atoms with Crippen LogP contribution in [0.15, 0.2) is 18.2 Å². The van der Waals surface area contributed by atoms with Crippen molar-refractivity contribution in [2.45, 2.75) is 26.2 Å². The van der Waals surface area contributed by atoms with Gasteiger partial charge in [-0.3, -0.25) is 4.79 Å². The quantitative estimate of drug-likeness (QED) is 0.784. The normalized spacial score (nSPS) is 15.5. The maximum atomic E-state index is 11.6. The first-order valence-corrected chi connectivity index (χ1v) is 6.71. The topological polar surface area (TPSA) is 44.8 Å². The van der Waals surface area contributed by atoms with E-state index in [-0.39, 0.29) is 11.9 Å². The molecule has 1 unspecified atom stereocenters. The van der Waals surface area contributed by atoms with Gasteiger partial charge in [-0.05, 0) is 30.5 Å². The van der Waals surface area contributed by atoms with E-state index < -0.39 is 0 Å². The maximum Gasteiger partial charge on any atom is 0.308 e. The van der Waals surface area contributed by atoms with E-state index >= 15 is 0 Å². The number of rotatable bonds is 4. The van der Waals surface area contributed by atoms with Gasteiger partial charge in [0, 0.05) is 6.42 Å². The standard InChI is InChI=1S/C15H20O4/c1-3-12(15(16)17-2)9-11-5-6-13-14(10-11)19-8-4-7-18-13/h5-6,10,12H,3-4,7-9H2,1-2H3. The fourth-order valence-corrected chi connectivity index (χ4v) is 2.18. The number of methoxy groups -OCH3 is 1. The molecule has 1 heterocycles. The van der Waals surface area contributed by atoms with E-state index in [9.17, 15) is 4.79 Å². The predicted octanol–water partition coefficient (Wildman–Crippen LogP) is 2.59. The van der Waals surface area contributed by atoms with Crippen molar-refractivity contribution in [3.63, 3.8) is 0 Å². The third-order valence-electron chi connectivity index (χ3n) is 3.32. The Hall–Kier alpha value is -1.71. The van der Waals surface area contributed by atoms with Gasteiger partial charge in [0.15, 0.2) is 11.5 Å². The molecule has 0 bridgehead atoms. The third-order valence-corrected chi connectivity index (χ3v) is 3.32. The summed E-state index contributed by atoms with van der Waals surface area (Å²) in [5.41, 5.74) is 1.07. The molecule has 4 nitrogen and oxygen atoms in total. The highest BCUT2D eigenvalue weighted by Crippen LogP contribution is 2.31. The fraction of sp³-hybridized carbons (Fsp3) is 0.533. The van der Waals surface area contributed by atoms with Crippen LogP contribution >= 0.6 is 0 Å². The zero-order valence-corrected chi connectivity index (χ0v) is 11.5. The number of esters is 1. The van der Waals surface area contributed by atoms with Crippen LogP contribution in [0.2, 0.25) is 0 Å². The Bertz CT molecular complexity index is 442. The Morgan fingerprint density at radius 1 is 1.32 bits per heavy atom. The van der Waals surface area contributed by atoms with Crippen molar-refractivity contribution >= 4 is 5.97 Å². The van der Waals surface area contributed by atoms with Crippen molar-refractivity contribution in [1.82, 2.24) is 0 Å². The summed E-state index contributed by atoms with van der Waals surface area (Å²) in [7, 11) is 1.43. The molecular weight excluding hydrogens is 244 g/mol. The van der Waals surface area contributed by atoms with Crippen molar-refractivity contribution in [1.29, 1.82) is 0 Å². The summed E-state index contributed by atoms with van der Waals surface area (Å²) in [6.07, 6.45) is 2.32. The summed E-state index contributed by atoms with van der Waals surface area (Å²) in [4.78, 5) is 11.6. The number of hydrogen-bond donors (Lipinski definition) is 0. The van der Waals surface area contributed by atoms with Crippen molar-refractivity contribution < 1.29 is 19.0 Å². The molecule has 1 atom stereocenters. The Kier molecular flexibility index (Phi) is 4.66. The van der Waals surface area contributed by atoms with Gasteiger partial charge in [-0.2, -0.15) is 0 Å². The van der Waals surface area contributed by atoms with E-state index in [0.29, 0.717) is 19.6 Å². The molecule has 0 N–H and O–H groups in total. The van der Waals surface area contributed by atoms with Crippen molar-refractivity contribution in [3.8, 4) is 11.5 Å². The molecule has 0 aliphatic carbocycles. The van der Waals surface area contributed by atoms with Gasteiger partial charge in [-0.25, -0.2) is 0 Å². The minimum absolute atomic E-state index is 0.102. The van der Waals surface area contributed by atoms with E-state index in [0.717, 1.165) is 29.9 Å². The molecule has 0 saturated carbocycles. The Balaban J connectivity index is 2.12. The molecule has 0 saturated heterocycles. The molecule has 104 valence electrons. The average molecular weight is 264 g/mol. The van der Waals surface area contributed by atoms with Crippen LogP contribution in [0.1, 0.15) is 25.3 Å². The van der Waals surface area contributed by atoms with Crippen LogP contribution in [0.3, 0.4) is 0 Å². The Morgan fingerprint density at radius 3 is 2.74 bits per heavy atom. The second-order valence-electron chi connectivity index (χ2n) is 4.66.